The maximum atomic E-state index is 11.9. The van der Waals surface area contributed by atoms with Crippen molar-refractivity contribution < 1.29 is 4.79 Å². The first-order valence-electron chi connectivity index (χ1n) is 6.85. The molecule has 0 saturated carbocycles. The van der Waals surface area contributed by atoms with Gasteiger partial charge in [-0.1, -0.05) is 30.3 Å². The van der Waals surface area contributed by atoms with Gasteiger partial charge in [-0.25, -0.2) is 4.98 Å². The maximum absolute atomic E-state index is 11.9. The zero-order chi connectivity index (χ0) is 15.2. The average molecular weight is 306 g/mol. The highest BCUT2D eigenvalue weighted by Gasteiger charge is 2.01. The van der Waals surface area contributed by atoms with Gasteiger partial charge in [0.2, 0.25) is 5.91 Å². The molecule has 0 saturated heterocycles. The Labute approximate surface area is 133 Å². The standard InChI is InChI=1S/C18H14N2OS/c21-17(11-6-14-4-2-1-3-5-14)20-16-9-7-15(8-10-16)18-19-12-13-22-18/h1-13H,(H,20,21)/b11-6+. The highest BCUT2D eigenvalue weighted by molar-refractivity contribution is 7.13. The summed E-state index contributed by atoms with van der Waals surface area (Å²) < 4.78 is 0. The van der Waals surface area contributed by atoms with Crippen LogP contribution in [-0.2, 0) is 4.79 Å². The van der Waals surface area contributed by atoms with Crippen LogP contribution in [0.2, 0.25) is 0 Å². The van der Waals surface area contributed by atoms with Crippen LogP contribution in [0.4, 0.5) is 5.69 Å². The van der Waals surface area contributed by atoms with E-state index >= 15 is 0 Å². The van der Waals surface area contributed by atoms with E-state index < -0.39 is 0 Å². The molecule has 0 radical (unpaired) electrons. The molecule has 108 valence electrons. The Morgan fingerprint density at radius 1 is 1.05 bits per heavy atom. The second-order valence-corrected chi connectivity index (χ2v) is 5.54. The Hall–Kier alpha value is -2.72. The van der Waals surface area contributed by atoms with E-state index in [1.165, 1.54) is 6.08 Å². The first kappa shape index (κ1) is 14.2. The zero-order valence-corrected chi connectivity index (χ0v) is 12.6. The summed E-state index contributed by atoms with van der Waals surface area (Å²) in [6.07, 6.45) is 5.10. The molecule has 3 nitrogen and oxygen atoms in total. The number of rotatable bonds is 4. The fraction of sp³-hybridized carbons (Fsp3) is 0. The van der Waals surface area contributed by atoms with Gasteiger partial charge in [-0.15, -0.1) is 11.3 Å². The van der Waals surface area contributed by atoms with E-state index in [-0.39, 0.29) is 5.91 Å². The number of amides is 1. The minimum Gasteiger partial charge on any atom is -0.323 e. The van der Waals surface area contributed by atoms with Gasteiger partial charge in [0.25, 0.3) is 0 Å². The molecule has 3 aromatic rings. The van der Waals surface area contributed by atoms with Gasteiger partial charge in [0, 0.05) is 28.9 Å². The minimum absolute atomic E-state index is 0.147. The number of benzene rings is 2. The Morgan fingerprint density at radius 3 is 2.50 bits per heavy atom. The van der Waals surface area contributed by atoms with Crippen LogP contribution in [0.1, 0.15) is 5.56 Å². The molecule has 22 heavy (non-hydrogen) atoms. The fourth-order valence-electron chi connectivity index (χ4n) is 1.98. The van der Waals surface area contributed by atoms with E-state index in [0.29, 0.717) is 0 Å². The predicted octanol–water partition coefficient (Wildman–Crippen LogP) is 4.46. The van der Waals surface area contributed by atoms with Gasteiger partial charge >= 0.3 is 0 Å². The van der Waals surface area contributed by atoms with Crippen LogP contribution in [0, 0.1) is 0 Å². The van der Waals surface area contributed by atoms with Crippen molar-refractivity contribution in [3.63, 3.8) is 0 Å². The van der Waals surface area contributed by atoms with Gasteiger partial charge in [-0.2, -0.15) is 0 Å². The Kier molecular flexibility index (Phi) is 4.41. The molecule has 0 aliphatic rings. The van der Waals surface area contributed by atoms with Crippen LogP contribution in [0.15, 0.2) is 72.3 Å². The molecule has 1 aromatic heterocycles. The van der Waals surface area contributed by atoms with E-state index in [0.717, 1.165) is 21.8 Å². The second-order valence-electron chi connectivity index (χ2n) is 4.65. The molecule has 2 aromatic carbocycles. The quantitative estimate of drug-likeness (QED) is 0.723. The Balaban J connectivity index is 1.63. The number of nitrogens with one attached hydrogen (secondary N) is 1. The molecule has 3 rings (SSSR count). The van der Waals surface area contributed by atoms with Crippen molar-refractivity contribution in [3.8, 4) is 10.6 Å². The van der Waals surface area contributed by atoms with E-state index in [4.69, 9.17) is 0 Å². The van der Waals surface area contributed by atoms with Crippen LogP contribution >= 0.6 is 11.3 Å². The van der Waals surface area contributed by atoms with E-state index in [9.17, 15) is 4.79 Å². The van der Waals surface area contributed by atoms with E-state index in [1.807, 2.05) is 60.0 Å². The van der Waals surface area contributed by atoms with Crippen LogP contribution in [-0.4, -0.2) is 10.9 Å². The molecule has 4 heteroatoms. The van der Waals surface area contributed by atoms with Crippen molar-refractivity contribution >= 4 is 29.0 Å². The lowest BCUT2D eigenvalue weighted by atomic mass is 10.2. The summed E-state index contributed by atoms with van der Waals surface area (Å²) in [5.41, 5.74) is 2.81. The summed E-state index contributed by atoms with van der Waals surface area (Å²) in [5, 5.41) is 5.76. The Morgan fingerprint density at radius 2 is 1.82 bits per heavy atom. The summed E-state index contributed by atoms with van der Waals surface area (Å²) in [6, 6.07) is 17.4. The molecule has 1 N–H and O–H groups in total. The van der Waals surface area contributed by atoms with Crippen molar-refractivity contribution in [2.45, 2.75) is 0 Å². The molecular weight excluding hydrogens is 292 g/mol. The summed E-state index contributed by atoms with van der Waals surface area (Å²) in [7, 11) is 0. The van der Waals surface area contributed by atoms with Crippen molar-refractivity contribution in [1.82, 2.24) is 4.98 Å². The number of carbonyl (C=O) groups is 1. The monoisotopic (exact) mass is 306 g/mol. The molecule has 0 atom stereocenters. The number of hydrogen-bond acceptors (Lipinski definition) is 3. The average Bonchev–Trinajstić information content (AvgIpc) is 3.09. The third-order valence-electron chi connectivity index (χ3n) is 3.06. The molecular formula is C18H14N2OS. The highest BCUT2D eigenvalue weighted by atomic mass is 32.1. The van der Waals surface area contributed by atoms with Gasteiger partial charge in [-0.3, -0.25) is 4.79 Å². The predicted molar refractivity (Wildman–Crippen MR) is 91.7 cm³/mol. The lowest BCUT2D eigenvalue weighted by molar-refractivity contribution is -0.111. The fourth-order valence-corrected chi connectivity index (χ4v) is 2.63. The zero-order valence-electron chi connectivity index (χ0n) is 11.8. The summed E-state index contributed by atoms with van der Waals surface area (Å²) in [4.78, 5) is 16.2. The SMILES string of the molecule is O=C(/C=C/c1ccccc1)Nc1ccc(-c2nccs2)cc1. The second kappa shape index (κ2) is 6.83. The summed E-state index contributed by atoms with van der Waals surface area (Å²) in [5.74, 6) is -0.147. The topological polar surface area (TPSA) is 42.0 Å². The maximum Gasteiger partial charge on any atom is 0.248 e. The highest BCUT2D eigenvalue weighted by Crippen LogP contribution is 2.23. The molecule has 1 heterocycles. The number of carbonyl (C=O) groups excluding carboxylic acids is 1. The first-order chi connectivity index (χ1) is 10.8. The van der Waals surface area contributed by atoms with E-state index in [2.05, 4.69) is 10.3 Å². The third-order valence-corrected chi connectivity index (χ3v) is 3.88. The Bertz CT molecular complexity index is 763. The number of anilines is 1. The molecule has 0 aliphatic heterocycles. The van der Waals surface area contributed by atoms with Gasteiger partial charge in [-0.05, 0) is 35.9 Å². The van der Waals surface area contributed by atoms with Crippen molar-refractivity contribution in [3.05, 3.63) is 77.8 Å². The van der Waals surface area contributed by atoms with Gasteiger partial charge in [0.15, 0.2) is 0 Å². The van der Waals surface area contributed by atoms with Crippen LogP contribution in [0.25, 0.3) is 16.6 Å². The summed E-state index contributed by atoms with van der Waals surface area (Å²) in [6.45, 7) is 0. The van der Waals surface area contributed by atoms with Crippen LogP contribution in [0.5, 0.6) is 0 Å². The normalized spacial score (nSPS) is 10.7. The molecule has 1 amide bonds. The van der Waals surface area contributed by atoms with Crippen molar-refractivity contribution in [2.24, 2.45) is 0 Å². The number of thiazole rings is 1. The largest absolute Gasteiger partial charge is 0.323 e. The molecule has 0 spiro atoms. The lowest BCUT2D eigenvalue weighted by Gasteiger charge is -2.03. The van der Waals surface area contributed by atoms with Gasteiger partial charge in [0.1, 0.15) is 5.01 Å². The van der Waals surface area contributed by atoms with Crippen molar-refractivity contribution in [2.75, 3.05) is 5.32 Å². The van der Waals surface area contributed by atoms with E-state index in [1.54, 1.807) is 23.6 Å². The molecule has 0 unspecified atom stereocenters. The molecule has 0 fully saturated rings. The van der Waals surface area contributed by atoms with Crippen LogP contribution < -0.4 is 5.32 Å². The minimum atomic E-state index is -0.147. The molecule has 0 aliphatic carbocycles. The smallest absolute Gasteiger partial charge is 0.248 e. The molecule has 0 bridgehead atoms. The number of hydrogen-bond donors (Lipinski definition) is 1. The van der Waals surface area contributed by atoms with Gasteiger partial charge < -0.3 is 5.32 Å². The lowest BCUT2D eigenvalue weighted by Crippen LogP contribution is -2.07. The van der Waals surface area contributed by atoms with Crippen molar-refractivity contribution in [1.29, 1.82) is 0 Å². The number of aromatic nitrogens is 1. The van der Waals surface area contributed by atoms with Crippen LogP contribution in [0.3, 0.4) is 0 Å². The van der Waals surface area contributed by atoms with Gasteiger partial charge in [0.05, 0.1) is 0 Å². The third kappa shape index (κ3) is 3.68. The first-order valence-corrected chi connectivity index (χ1v) is 7.73. The number of nitrogens with zero attached hydrogens (tertiary/aromatic N) is 1. The summed E-state index contributed by atoms with van der Waals surface area (Å²) >= 11 is 1.59.